The molecule has 3 rings (SSSR count). The Morgan fingerprint density at radius 1 is 1.14 bits per heavy atom. The van der Waals surface area contributed by atoms with Crippen molar-refractivity contribution >= 4 is 45.9 Å². The molecular weight excluding hydrogens is 318 g/mol. The van der Waals surface area contributed by atoms with Gasteiger partial charge in [-0.2, -0.15) is 22.7 Å². The monoisotopic (exact) mass is 335 g/mol. The molecule has 1 aliphatic heterocycles. The molecule has 2 amide bonds. The van der Waals surface area contributed by atoms with Crippen LogP contribution in [0.15, 0.2) is 33.7 Å². The molecule has 22 heavy (non-hydrogen) atoms. The first-order valence-corrected chi connectivity index (χ1v) is 8.93. The highest BCUT2D eigenvalue weighted by molar-refractivity contribution is 7.08. The van der Waals surface area contributed by atoms with Crippen LogP contribution < -0.4 is 16.0 Å². The third kappa shape index (κ3) is 3.37. The van der Waals surface area contributed by atoms with Crippen molar-refractivity contribution in [2.45, 2.75) is 12.8 Å². The predicted molar refractivity (Wildman–Crippen MR) is 90.4 cm³/mol. The van der Waals surface area contributed by atoms with Crippen LogP contribution in [-0.4, -0.2) is 24.9 Å². The van der Waals surface area contributed by atoms with Gasteiger partial charge in [-0.1, -0.05) is 0 Å². The average Bonchev–Trinajstić information content (AvgIpc) is 3.20. The number of nitrogens with one attached hydrogen (secondary N) is 3. The second-order valence-corrected chi connectivity index (χ2v) is 6.97. The van der Waals surface area contributed by atoms with Crippen molar-refractivity contribution in [2.24, 2.45) is 5.41 Å². The van der Waals surface area contributed by atoms with E-state index >= 15 is 0 Å². The van der Waals surface area contributed by atoms with E-state index in [0.717, 1.165) is 17.9 Å². The standard InChI is InChI=1S/C15H17N3O2S2/c19-13(17-11-1-5-21-8-11)7-15(3-4-16-10-15)14(20)18-12-2-6-22-9-12/h1-2,5-6,8-9,16H,3-4,7,10H2,(H,17,19)(H,18,20). The van der Waals surface area contributed by atoms with E-state index < -0.39 is 5.41 Å². The lowest BCUT2D eigenvalue weighted by Gasteiger charge is -2.26. The molecule has 3 heterocycles. The predicted octanol–water partition coefficient (Wildman–Crippen LogP) is 2.76. The fourth-order valence-electron chi connectivity index (χ4n) is 2.62. The molecule has 0 aliphatic carbocycles. The zero-order valence-corrected chi connectivity index (χ0v) is 13.6. The quantitative estimate of drug-likeness (QED) is 0.787. The molecule has 1 atom stereocenters. The molecule has 1 aliphatic rings. The van der Waals surface area contributed by atoms with E-state index in [0.29, 0.717) is 13.0 Å². The molecular formula is C15H17N3O2S2. The summed E-state index contributed by atoms with van der Waals surface area (Å²) in [5, 5.41) is 16.6. The molecule has 0 aromatic carbocycles. The van der Waals surface area contributed by atoms with Crippen molar-refractivity contribution in [3.8, 4) is 0 Å². The minimum Gasteiger partial charge on any atom is -0.325 e. The Morgan fingerprint density at radius 3 is 2.36 bits per heavy atom. The molecule has 1 fully saturated rings. The topological polar surface area (TPSA) is 70.2 Å². The smallest absolute Gasteiger partial charge is 0.232 e. The molecule has 0 radical (unpaired) electrons. The van der Waals surface area contributed by atoms with Crippen LogP contribution in [0.3, 0.4) is 0 Å². The summed E-state index contributed by atoms with van der Waals surface area (Å²) in [5.41, 5.74) is 0.899. The minimum absolute atomic E-state index is 0.0867. The van der Waals surface area contributed by atoms with Gasteiger partial charge in [-0.15, -0.1) is 0 Å². The highest BCUT2D eigenvalue weighted by Crippen LogP contribution is 2.32. The van der Waals surface area contributed by atoms with Gasteiger partial charge in [0, 0.05) is 23.7 Å². The Bertz CT molecular complexity index is 632. The fraction of sp³-hybridized carbons (Fsp3) is 0.333. The van der Waals surface area contributed by atoms with E-state index in [9.17, 15) is 9.59 Å². The highest BCUT2D eigenvalue weighted by atomic mass is 32.1. The molecule has 1 saturated heterocycles. The number of rotatable bonds is 5. The minimum atomic E-state index is -0.679. The lowest BCUT2D eigenvalue weighted by molar-refractivity contribution is -0.129. The summed E-state index contributed by atoms with van der Waals surface area (Å²) in [6.07, 6.45) is 0.853. The van der Waals surface area contributed by atoms with Gasteiger partial charge < -0.3 is 16.0 Å². The first-order valence-electron chi connectivity index (χ1n) is 7.04. The van der Waals surface area contributed by atoms with Crippen LogP contribution in [-0.2, 0) is 9.59 Å². The van der Waals surface area contributed by atoms with E-state index in [2.05, 4.69) is 16.0 Å². The Morgan fingerprint density at radius 2 is 1.82 bits per heavy atom. The summed E-state index contributed by atoms with van der Waals surface area (Å²) in [7, 11) is 0. The number of hydrogen-bond acceptors (Lipinski definition) is 5. The van der Waals surface area contributed by atoms with Crippen LogP contribution in [0.25, 0.3) is 0 Å². The average molecular weight is 335 g/mol. The number of carbonyl (C=O) groups is 2. The Labute approximate surface area is 136 Å². The van der Waals surface area contributed by atoms with Crippen LogP contribution in [0.4, 0.5) is 11.4 Å². The van der Waals surface area contributed by atoms with Crippen molar-refractivity contribution in [1.29, 1.82) is 0 Å². The van der Waals surface area contributed by atoms with Crippen LogP contribution in [0.1, 0.15) is 12.8 Å². The Hall–Kier alpha value is -1.70. The highest BCUT2D eigenvalue weighted by Gasteiger charge is 2.43. The number of carbonyl (C=O) groups excluding carboxylic acids is 2. The summed E-state index contributed by atoms with van der Waals surface area (Å²) in [4.78, 5) is 24.9. The van der Waals surface area contributed by atoms with Gasteiger partial charge in [-0.05, 0) is 35.9 Å². The maximum absolute atomic E-state index is 12.6. The molecule has 5 nitrogen and oxygen atoms in total. The van der Waals surface area contributed by atoms with Crippen molar-refractivity contribution in [1.82, 2.24) is 5.32 Å². The van der Waals surface area contributed by atoms with E-state index in [4.69, 9.17) is 0 Å². The summed E-state index contributed by atoms with van der Waals surface area (Å²) in [6, 6.07) is 3.72. The SMILES string of the molecule is O=C(CC1(C(=O)Nc2ccsc2)CCNC1)Nc1ccsc1. The molecule has 0 saturated carbocycles. The summed E-state index contributed by atoms with van der Waals surface area (Å²) >= 11 is 3.06. The molecule has 1 unspecified atom stereocenters. The van der Waals surface area contributed by atoms with Crippen molar-refractivity contribution in [3.05, 3.63) is 33.7 Å². The summed E-state index contributed by atoms with van der Waals surface area (Å²) in [5.74, 6) is -0.209. The van der Waals surface area contributed by atoms with Gasteiger partial charge in [0.15, 0.2) is 0 Å². The second-order valence-electron chi connectivity index (χ2n) is 5.41. The summed E-state index contributed by atoms with van der Waals surface area (Å²) < 4.78 is 0. The molecule has 2 aromatic heterocycles. The van der Waals surface area contributed by atoms with Gasteiger partial charge in [0.1, 0.15) is 0 Å². The van der Waals surface area contributed by atoms with E-state index in [1.165, 1.54) is 22.7 Å². The van der Waals surface area contributed by atoms with Gasteiger partial charge in [-0.3, -0.25) is 9.59 Å². The number of anilines is 2. The van der Waals surface area contributed by atoms with Gasteiger partial charge in [-0.25, -0.2) is 0 Å². The Balaban J connectivity index is 1.68. The van der Waals surface area contributed by atoms with Crippen molar-refractivity contribution in [3.63, 3.8) is 0 Å². The number of thiophene rings is 2. The van der Waals surface area contributed by atoms with E-state index in [-0.39, 0.29) is 18.2 Å². The molecule has 116 valence electrons. The first-order chi connectivity index (χ1) is 10.7. The second kappa shape index (κ2) is 6.60. The largest absolute Gasteiger partial charge is 0.325 e. The maximum Gasteiger partial charge on any atom is 0.232 e. The van der Waals surface area contributed by atoms with E-state index in [1.807, 2.05) is 33.7 Å². The molecule has 2 aromatic rings. The lowest BCUT2D eigenvalue weighted by Crippen LogP contribution is -2.41. The van der Waals surface area contributed by atoms with Gasteiger partial charge in [0.05, 0.1) is 16.8 Å². The molecule has 0 spiro atoms. The molecule has 3 N–H and O–H groups in total. The van der Waals surface area contributed by atoms with Crippen molar-refractivity contribution < 1.29 is 9.59 Å². The zero-order chi connectivity index (χ0) is 15.4. The maximum atomic E-state index is 12.6. The third-order valence-electron chi connectivity index (χ3n) is 3.81. The van der Waals surface area contributed by atoms with Crippen LogP contribution >= 0.6 is 22.7 Å². The van der Waals surface area contributed by atoms with Gasteiger partial charge in [0.25, 0.3) is 0 Å². The normalized spacial score (nSPS) is 20.7. The summed E-state index contributed by atoms with van der Waals surface area (Å²) in [6.45, 7) is 1.28. The fourth-order valence-corrected chi connectivity index (χ4v) is 3.79. The van der Waals surface area contributed by atoms with Crippen LogP contribution in [0.5, 0.6) is 0 Å². The lowest BCUT2D eigenvalue weighted by atomic mass is 9.82. The zero-order valence-electron chi connectivity index (χ0n) is 11.9. The van der Waals surface area contributed by atoms with Gasteiger partial charge in [0.2, 0.25) is 11.8 Å². The third-order valence-corrected chi connectivity index (χ3v) is 5.17. The molecule has 7 heteroatoms. The van der Waals surface area contributed by atoms with Crippen molar-refractivity contribution in [2.75, 3.05) is 23.7 Å². The van der Waals surface area contributed by atoms with Gasteiger partial charge >= 0.3 is 0 Å². The number of hydrogen-bond donors (Lipinski definition) is 3. The Kier molecular flexibility index (Phi) is 4.56. The molecule has 0 bridgehead atoms. The first kappa shape index (κ1) is 15.2. The number of amides is 2. The van der Waals surface area contributed by atoms with Crippen LogP contribution in [0, 0.1) is 5.41 Å². The van der Waals surface area contributed by atoms with E-state index in [1.54, 1.807) is 0 Å². The van der Waals surface area contributed by atoms with Crippen LogP contribution in [0.2, 0.25) is 0 Å².